The van der Waals surface area contributed by atoms with Gasteiger partial charge in [0, 0.05) is 37.9 Å². The summed E-state index contributed by atoms with van der Waals surface area (Å²) < 4.78 is 11.9. The van der Waals surface area contributed by atoms with Crippen molar-refractivity contribution in [2.45, 2.75) is 5.60 Å². The van der Waals surface area contributed by atoms with Gasteiger partial charge in [-0.2, -0.15) is 0 Å². The Morgan fingerprint density at radius 2 is 1.47 bits per heavy atom. The van der Waals surface area contributed by atoms with Gasteiger partial charge >= 0.3 is 11.9 Å². The quantitative estimate of drug-likeness (QED) is 0.240. The van der Waals surface area contributed by atoms with Crippen molar-refractivity contribution in [2.75, 3.05) is 0 Å². The van der Waals surface area contributed by atoms with E-state index in [4.69, 9.17) is 20.5 Å². The van der Waals surface area contributed by atoms with Gasteiger partial charge in [-0.05, 0) is 41.4 Å². The van der Waals surface area contributed by atoms with E-state index in [2.05, 4.69) is 20.1 Å². The first-order valence-electron chi connectivity index (χ1n) is 9.16. The van der Waals surface area contributed by atoms with Gasteiger partial charge in [-0.15, -0.1) is 0 Å². The highest BCUT2D eigenvalue weighted by Gasteiger charge is 2.53. The molecule has 11 nitrogen and oxygen atoms in total. The Morgan fingerprint density at radius 1 is 0.875 bits per heavy atom. The van der Waals surface area contributed by atoms with Crippen LogP contribution >= 0.6 is 0 Å². The highest BCUT2D eigenvalue weighted by molar-refractivity contribution is 5.99. The smallest absolute Gasteiger partial charge is 0.340 e. The average molecular weight is 426 g/mol. The molecule has 0 atom stereocenters. The summed E-state index contributed by atoms with van der Waals surface area (Å²) >= 11 is 0. The summed E-state index contributed by atoms with van der Waals surface area (Å²) in [6.45, 7) is 0. The van der Waals surface area contributed by atoms with Crippen LogP contribution in [0.4, 0.5) is 11.4 Å². The molecule has 0 aromatic heterocycles. The fourth-order valence-electron chi connectivity index (χ4n) is 4.06. The van der Waals surface area contributed by atoms with Gasteiger partial charge in [0.1, 0.15) is 11.5 Å². The number of aromatic carboxylic acids is 1. The fraction of sp³-hybridized carbons (Fsp3) is 0.0476. The van der Waals surface area contributed by atoms with Gasteiger partial charge in [-0.3, -0.25) is 0 Å². The summed E-state index contributed by atoms with van der Waals surface area (Å²) in [5.74, 6) is -1.31. The van der Waals surface area contributed by atoms with E-state index >= 15 is 0 Å². The number of azide groups is 2. The molecule has 1 spiro atoms. The van der Waals surface area contributed by atoms with Crippen LogP contribution in [-0.2, 0) is 10.3 Å². The predicted octanol–water partition coefficient (Wildman–Crippen LogP) is 5.84. The van der Waals surface area contributed by atoms with E-state index in [0.29, 0.717) is 16.7 Å². The second-order valence-electron chi connectivity index (χ2n) is 6.98. The van der Waals surface area contributed by atoms with Crippen molar-refractivity contribution in [3.05, 3.63) is 103 Å². The van der Waals surface area contributed by atoms with Gasteiger partial charge in [0.15, 0.2) is 5.60 Å². The lowest BCUT2D eigenvalue weighted by molar-refractivity contribution is 0.0224. The number of rotatable bonds is 3. The van der Waals surface area contributed by atoms with Crippen molar-refractivity contribution in [3.63, 3.8) is 0 Å². The lowest BCUT2D eigenvalue weighted by atomic mass is 9.77. The van der Waals surface area contributed by atoms with E-state index in [1.54, 1.807) is 12.1 Å². The number of hydrogen-bond donors (Lipinski definition) is 1. The number of hydrogen-bond acceptors (Lipinski definition) is 6. The molecule has 0 saturated heterocycles. The van der Waals surface area contributed by atoms with Crippen LogP contribution in [0.5, 0.6) is 11.5 Å². The van der Waals surface area contributed by atoms with Crippen LogP contribution in [0.25, 0.3) is 20.9 Å². The molecule has 2 aliphatic heterocycles. The topological polar surface area (TPSA) is 170 Å². The molecule has 0 amide bonds. The largest absolute Gasteiger partial charge is 0.478 e. The van der Waals surface area contributed by atoms with Gasteiger partial charge in [0.25, 0.3) is 0 Å². The maximum absolute atomic E-state index is 12.8. The number of fused-ring (bicyclic) bond motifs is 6. The summed E-state index contributed by atoms with van der Waals surface area (Å²) in [7, 11) is 0. The van der Waals surface area contributed by atoms with Crippen LogP contribution in [-0.4, -0.2) is 17.0 Å². The van der Waals surface area contributed by atoms with E-state index in [1.165, 1.54) is 42.5 Å². The Balaban J connectivity index is 1.87. The lowest BCUT2D eigenvalue weighted by Gasteiger charge is -2.36. The van der Waals surface area contributed by atoms with Crippen molar-refractivity contribution in [3.8, 4) is 11.5 Å². The minimum absolute atomic E-state index is 0.0209. The third kappa shape index (κ3) is 2.56. The number of esters is 1. The monoisotopic (exact) mass is 426 g/mol. The molecule has 3 aromatic carbocycles. The van der Waals surface area contributed by atoms with Crippen molar-refractivity contribution in [1.82, 2.24) is 0 Å². The molecule has 1 N–H and O–H groups in total. The maximum atomic E-state index is 12.8. The standard InChI is InChI=1S/C21H10N6O5/c22-26-24-11-2-5-14-17(8-11)31-18-9-12(25-27-23)3-6-15(18)21(14)16-7-10(19(28)29)1-4-13(16)20(30)32-21/h1-9H,(H,28,29). The Kier molecular flexibility index (Phi) is 4.03. The molecule has 11 heteroatoms. The van der Waals surface area contributed by atoms with Crippen LogP contribution in [0.15, 0.2) is 64.8 Å². The third-order valence-corrected chi connectivity index (χ3v) is 5.34. The molecule has 154 valence electrons. The van der Waals surface area contributed by atoms with Crippen LogP contribution < -0.4 is 4.74 Å². The SMILES string of the molecule is [N-]=[N+]=Nc1ccc2c(c1)Oc1cc(N=[N+]=[N-])ccc1C21OC(=O)c2ccc(C(=O)O)cc21. The predicted molar refractivity (Wildman–Crippen MR) is 109 cm³/mol. The van der Waals surface area contributed by atoms with Crippen molar-refractivity contribution in [2.24, 2.45) is 10.2 Å². The summed E-state index contributed by atoms with van der Waals surface area (Å²) in [5.41, 5.74) is 17.9. The second-order valence-corrected chi connectivity index (χ2v) is 6.98. The van der Waals surface area contributed by atoms with Crippen LogP contribution in [0.3, 0.4) is 0 Å². The number of carbonyl (C=O) groups excluding carboxylic acids is 1. The zero-order valence-corrected chi connectivity index (χ0v) is 16.0. The minimum atomic E-state index is -1.51. The lowest BCUT2D eigenvalue weighted by Crippen LogP contribution is -2.33. The van der Waals surface area contributed by atoms with E-state index in [-0.39, 0.29) is 34.0 Å². The zero-order valence-electron chi connectivity index (χ0n) is 16.0. The van der Waals surface area contributed by atoms with Crippen molar-refractivity contribution in [1.29, 1.82) is 0 Å². The molecule has 2 heterocycles. The molecule has 3 aromatic rings. The van der Waals surface area contributed by atoms with Gasteiger partial charge in [-0.25, -0.2) is 9.59 Å². The second kappa shape index (κ2) is 6.78. The van der Waals surface area contributed by atoms with Crippen LogP contribution in [0.1, 0.15) is 37.4 Å². The molecule has 0 bridgehead atoms. The molecule has 0 radical (unpaired) electrons. The first kappa shape index (κ1) is 19.0. The molecular formula is C21H10N6O5. The van der Waals surface area contributed by atoms with Crippen molar-refractivity contribution >= 4 is 23.3 Å². The molecule has 32 heavy (non-hydrogen) atoms. The Morgan fingerprint density at radius 3 is 2.00 bits per heavy atom. The number of nitrogens with zero attached hydrogens (tertiary/aromatic N) is 6. The van der Waals surface area contributed by atoms with Crippen LogP contribution in [0, 0.1) is 0 Å². The maximum Gasteiger partial charge on any atom is 0.340 e. The highest BCUT2D eigenvalue weighted by atomic mass is 16.6. The number of ether oxygens (including phenoxy) is 2. The van der Waals surface area contributed by atoms with Gasteiger partial charge in [0.2, 0.25) is 0 Å². The Labute approximate surface area is 178 Å². The molecule has 0 aliphatic carbocycles. The average Bonchev–Trinajstić information content (AvgIpc) is 3.06. The highest BCUT2D eigenvalue weighted by Crippen LogP contribution is 2.57. The minimum Gasteiger partial charge on any atom is -0.478 e. The molecular weight excluding hydrogens is 416 g/mol. The van der Waals surface area contributed by atoms with E-state index in [9.17, 15) is 14.7 Å². The summed E-state index contributed by atoms with van der Waals surface area (Å²) in [5, 5.41) is 16.7. The first-order valence-corrected chi connectivity index (χ1v) is 9.16. The number of carboxylic acids is 1. The Bertz CT molecular complexity index is 1390. The first-order chi connectivity index (χ1) is 15.5. The number of carbonyl (C=O) groups is 2. The molecule has 2 aliphatic rings. The fourth-order valence-corrected chi connectivity index (χ4v) is 4.06. The Hall–Kier alpha value is -4.98. The van der Waals surface area contributed by atoms with Gasteiger partial charge < -0.3 is 14.6 Å². The van der Waals surface area contributed by atoms with Gasteiger partial charge in [-0.1, -0.05) is 34.5 Å². The van der Waals surface area contributed by atoms with Gasteiger partial charge in [0.05, 0.1) is 11.1 Å². The summed E-state index contributed by atoms with van der Waals surface area (Å²) in [6.07, 6.45) is 0. The van der Waals surface area contributed by atoms with Crippen LogP contribution in [0.2, 0.25) is 0 Å². The summed E-state index contributed by atoms with van der Waals surface area (Å²) in [4.78, 5) is 30.0. The zero-order chi connectivity index (χ0) is 22.5. The number of benzene rings is 3. The van der Waals surface area contributed by atoms with E-state index < -0.39 is 17.5 Å². The molecule has 0 unspecified atom stereocenters. The third-order valence-electron chi connectivity index (χ3n) is 5.34. The van der Waals surface area contributed by atoms with Crippen molar-refractivity contribution < 1.29 is 24.2 Å². The molecule has 0 fully saturated rings. The normalized spacial score (nSPS) is 17.1. The number of carboxylic acid groups (broad SMARTS) is 1. The van der Waals surface area contributed by atoms with E-state index in [0.717, 1.165) is 0 Å². The molecule has 0 saturated carbocycles. The van der Waals surface area contributed by atoms with E-state index in [1.807, 2.05) is 0 Å². The summed E-state index contributed by atoms with van der Waals surface area (Å²) in [6, 6.07) is 13.4. The molecule has 5 rings (SSSR count).